The van der Waals surface area contributed by atoms with Crippen LogP contribution < -0.4 is 5.32 Å². The molecular formula is C11H13NO2S2. The molecule has 0 spiro atoms. The van der Waals surface area contributed by atoms with E-state index < -0.39 is 6.04 Å². The van der Waals surface area contributed by atoms with Crippen LogP contribution in [0.2, 0.25) is 0 Å². The number of carbonyl (C=O) groups excluding carboxylic acids is 1. The van der Waals surface area contributed by atoms with E-state index >= 15 is 0 Å². The van der Waals surface area contributed by atoms with Crippen LogP contribution in [0.4, 0.5) is 0 Å². The summed E-state index contributed by atoms with van der Waals surface area (Å²) >= 11 is 8.78. The van der Waals surface area contributed by atoms with Crippen LogP contribution in [0.3, 0.4) is 0 Å². The van der Waals surface area contributed by atoms with Gasteiger partial charge in [0.2, 0.25) is 0 Å². The molecule has 0 radical (unpaired) electrons. The molecule has 16 heavy (non-hydrogen) atoms. The molecule has 5 heteroatoms. The number of benzene rings is 1. The number of thiol groups is 1. The van der Waals surface area contributed by atoms with E-state index in [-0.39, 0.29) is 10.3 Å². The van der Waals surface area contributed by atoms with Gasteiger partial charge < -0.3 is 10.1 Å². The molecule has 0 fully saturated rings. The molecule has 0 bridgehead atoms. The number of ether oxygens (including phenoxy) is 1. The zero-order chi connectivity index (χ0) is 12.0. The Hall–Kier alpha value is -1.07. The first kappa shape index (κ1) is 13.0. The average molecular weight is 255 g/mol. The fraction of sp³-hybridized carbons (Fsp3) is 0.273. The van der Waals surface area contributed by atoms with Crippen LogP contribution in [0.15, 0.2) is 30.3 Å². The Morgan fingerprint density at radius 3 is 2.62 bits per heavy atom. The second kappa shape index (κ2) is 6.50. The maximum absolute atomic E-state index is 11.7. The molecule has 0 saturated carbocycles. The number of rotatable bonds is 4. The van der Waals surface area contributed by atoms with Gasteiger partial charge in [0.1, 0.15) is 4.32 Å². The summed E-state index contributed by atoms with van der Waals surface area (Å²) in [5.74, 6) is -0.356. The van der Waals surface area contributed by atoms with E-state index in [1.165, 1.54) is 0 Å². The third-order valence-corrected chi connectivity index (χ3v) is 2.17. The van der Waals surface area contributed by atoms with Crippen molar-refractivity contribution >= 4 is 35.1 Å². The van der Waals surface area contributed by atoms with E-state index in [4.69, 9.17) is 17.0 Å². The van der Waals surface area contributed by atoms with Gasteiger partial charge in [-0.2, -0.15) is 0 Å². The van der Waals surface area contributed by atoms with Crippen molar-refractivity contribution in [3.63, 3.8) is 0 Å². The van der Waals surface area contributed by atoms with Crippen molar-refractivity contribution in [2.45, 2.75) is 13.0 Å². The molecule has 1 aromatic rings. The Morgan fingerprint density at radius 1 is 1.50 bits per heavy atom. The van der Waals surface area contributed by atoms with Gasteiger partial charge in [0, 0.05) is 0 Å². The summed E-state index contributed by atoms with van der Waals surface area (Å²) in [6.07, 6.45) is 0. The first-order valence-electron chi connectivity index (χ1n) is 4.86. The van der Waals surface area contributed by atoms with E-state index in [1.807, 2.05) is 30.3 Å². The SMILES string of the molecule is CCOC(=O)C(NC(=S)S)c1ccccc1. The second-order valence-corrected chi connectivity index (χ2v) is 4.20. The molecule has 0 aliphatic rings. The van der Waals surface area contributed by atoms with Gasteiger partial charge in [-0.1, -0.05) is 42.5 Å². The minimum atomic E-state index is -0.592. The van der Waals surface area contributed by atoms with E-state index in [9.17, 15) is 4.79 Å². The molecule has 1 aromatic carbocycles. The predicted octanol–water partition coefficient (Wildman–Crippen LogP) is 2.10. The van der Waals surface area contributed by atoms with E-state index in [1.54, 1.807) is 6.92 Å². The first-order valence-corrected chi connectivity index (χ1v) is 5.71. The molecule has 0 aromatic heterocycles. The normalized spacial score (nSPS) is 11.6. The molecule has 1 N–H and O–H groups in total. The minimum Gasteiger partial charge on any atom is -0.464 e. The van der Waals surface area contributed by atoms with Crippen LogP contribution in [0.5, 0.6) is 0 Å². The summed E-state index contributed by atoms with van der Waals surface area (Å²) in [6.45, 7) is 2.10. The number of thiocarbonyl (C=S) groups is 1. The smallest absolute Gasteiger partial charge is 0.333 e. The summed E-state index contributed by atoms with van der Waals surface area (Å²) < 4.78 is 5.23. The quantitative estimate of drug-likeness (QED) is 0.491. The van der Waals surface area contributed by atoms with E-state index in [0.29, 0.717) is 6.61 Å². The van der Waals surface area contributed by atoms with Crippen molar-refractivity contribution in [1.82, 2.24) is 5.32 Å². The van der Waals surface area contributed by atoms with Crippen LogP contribution in [-0.2, 0) is 9.53 Å². The minimum absolute atomic E-state index is 0.266. The average Bonchev–Trinajstić information content (AvgIpc) is 2.27. The molecule has 0 heterocycles. The number of hydrogen-bond acceptors (Lipinski definition) is 3. The molecule has 0 saturated heterocycles. The van der Waals surface area contributed by atoms with Crippen molar-refractivity contribution in [2.75, 3.05) is 6.61 Å². The lowest BCUT2D eigenvalue weighted by atomic mass is 10.1. The van der Waals surface area contributed by atoms with Gasteiger partial charge in [0.25, 0.3) is 0 Å². The fourth-order valence-electron chi connectivity index (χ4n) is 1.27. The van der Waals surface area contributed by atoms with Gasteiger partial charge in [0.15, 0.2) is 6.04 Å². The maximum Gasteiger partial charge on any atom is 0.333 e. The third-order valence-electron chi connectivity index (χ3n) is 1.92. The zero-order valence-electron chi connectivity index (χ0n) is 8.84. The van der Waals surface area contributed by atoms with Crippen LogP contribution in [0.25, 0.3) is 0 Å². The highest BCUT2D eigenvalue weighted by atomic mass is 32.1. The Morgan fingerprint density at radius 2 is 2.12 bits per heavy atom. The van der Waals surface area contributed by atoms with Crippen molar-refractivity contribution < 1.29 is 9.53 Å². The number of esters is 1. The molecule has 0 aliphatic heterocycles. The van der Waals surface area contributed by atoms with E-state index in [0.717, 1.165) is 5.56 Å². The Bertz CT molecular complexity index is 368. The highest BCUT2D eigenvalue weighted by molar-refractivity contribution is 8.11. The highest BCUT2D eigenvalue weighted by Gasteiger charge is 2.21. The van der Waals surface area contributed by atoms with Gasteiger partial charge in [-0.05, 0) is 12.5 Å². The lowest BCUT2D eigenvalue weighted by Gasteiger charge is -2.17. The van der Waals surface area contributed by atoms with E-state index in [2.05, 4.69) is 17.9 Å². The zero-order valence-corrected chi connectivity index (χ0v) is 10.6. The van der Waals surface area contributed by atoms with Crippen LogP contribution in [0, 0.1) is 0 Å². The molecule has 1 unspecified atom stereocenters. The molecule has 0 amide bonds. The van der Waals surface area contributed by atoms with Crippen LogP contribution in [0.1, 0.15) is 18.5 Å². The van der Waals surface area contributed by atoms with Gasteiger partial charge in [0.05, 0.1) is 6.61 Å². The number of hydrogen-bond donors (Lipinski definition) is 2. The van der Waals surface area contributed by atoms with Crippen LogP contribution in [-0.4, -0.2) is 16.9 Å². The number of carbonyl (C=O) groups is 1. The van der Waals surface area contributed by atoms with Crippen molar-refractivity contribution in [1.29, 1.82) is 0 Å². The van der Waals surface area contributed by atoms with Gasteiger partial charge in [-0.15, -0.1) is 12.6 Å². The topological polar surface area (TPSA) is 38.3 Å². The van der Waals surface area contributed by atoms with Gasteiger partial charge >= 0.3 is 5.97 Å². The molecule has 0 aliphatic carbocycles. The summed E-state index contributed by atoms with van der Waals surface area (Å²) in [5, 5.41) is 2.80. The Balaban J connectivity index is 2.87. The molecule has 1 atom stereocenters. The lowest BCUT2D eigenvalue weighted by molar-refractivity contribution is -0.145. The Kier molecular flexibility index (Phi) is 5.28. The summed E-state index contributed by atoms with van der Waals surface area (Å²) in [4.78, 5) is 11.7. The largest absolute Gasteiger partial charge is 0.464 e. The summed E-state index contributed by atoms with van der Waals surface area (Å²) in [5.41, 5.74) is 0.803. The molecule has 86 valence electrons. The monoisotopic (exact) mass is 255 g/mol. The molecular weight excluding hydrogens is 242 g/mol. The first-order chi connectivity index (χ1) is 7.65. The standard InChI is InChI=1S/C11H13NO2S2/c1-2-14-10(13)9(12-11(15)16)8-6-4-3-5-7-8/h3-7,9H,2H2,1H3,(H2,12,15,16). The van der Waals surface area contributed by atoms with Crippen molar-refractivity contribution in [2.24, 2.45) is 0 Å². The highest BCUT2D eigenvalue weighted by Crippen LogP contribution is 2.14. The van der Waals surface area contributed by atoms with Gasteiger partial charge in [-0.25, -0.2) is 4.79 Å². The Labute approximate surface area is 106 Å². The predicted molar refractivity (Wildman–Crippen MR) is 70.5 cm³/mol. The molecule has 1 rings (SSSR count). The fourth-order valence-corrected chi connectivity index (χ4v) is 1.52. The second-order valence-electron chi connectivity index (χ2n) is 3.05. The summed E-state index contributed by atoms with van der Waals surface area (Å²) in [7, 11) is 0. The maximum atomic E-state index is 11.7. The van der Waals surface area contributed by atoms with Crippen molar-refractivity contribution in [3.05, 3.63) is 35.9 Å². The third kappa shape index (κ3) is 3.83. The van der Waals surface area contributed by atoms with Crippen LogP contribution >= 0.6 is 24.8 Å². The lowest BCUT2D eigenvalue weighted by Crippen LogP contribution is -2.31. The summed E-state index contributed by atoms with van der Waals surface area (Å²) in [6, 6.07) is 8.66. The number of nitrogens with one attached hydrogen (secondary N) is 1. The van der Waals surface area contributed by atoms with Gasteiger partial charge in [-0.3, -0.25) is 0 Å². The van der Waals surface area contributed by atoms with Crippen molar-refractivity contribution in [3.8, 4) is 0 Å². The molecule has 3 nitrogen and oxygen atoms in total.